The Balaban J connectivity index is 1.66. The molecule has 0 unspecified atom stereocenters. The molecule has 1 aromatic carbocycles. The maximum atomic E-state index is 12.4. The highest BCUT2D eigenvalue weighted by Gasteiger charge is 2.13. The van der Waals surface area contributed by atoms with E-state index in [1.807, 2.05) is 24.3 Å². The van der Waals surface area contributed by atoms with E-state index in [0.29, 0.717) is 29.4 Å². The zero-order chi connectivity index (χ0) is 17.6. The van der Waals surface area contributed by atoms with Gasteiger partial charge in [0.15, 0.2) is 5.76 Å². The molecule has 0 aliphatic rings. The summed E-state index contributed by atoms with van der Waals surface area (Å²) in [6.07, 6.45) is 3.32. The van der Waals surface area contributed by atoms with E-state index in [0.717, 1.165) is 11.3 Å². The molecule has 0 radical (unpaired) electrons. The van der Waals surface area contributed by atoms with Crippen molar-refractivity contribution in [2.24, 2.45) is 0 Å². The van der Waals surface area contributed by atoms with E-state index in [-0.39, 0.29) is 5.91 Å². The Morgan fingerprint density at radius 3 is 2.68 bits per heavy atom. The first kappa shape index (κ1) is 16.6. The topological polar surface area (TPSA) is 73.6 Å². The Bertz CT molecular complexity index is 842. The highest BCUT2D eigenvalue weighted by Crippen LogP contribution is 2.24. The van der Waals surface area contributed by atoms with Crippen LogP contribution in [-0.2, 0) is 6.54 Å². The molecule has 1 N–H and O–H groups in total. The van der Waals surface area contributed by atoms with Crippen LogP contribution in [0.1, 0.15) is 15.9 Å². The van der Waals surface area contributed by atoms with Crippen LogP contribution < -0.4 is 14.8 Å². The summed E-state index contributed by atoms with van der Waals surface area (Å²) in [5.74, 6) is 1.57. The zero-order valence-electron chi connectivity index (χ0n) is 14.0. The van der Waals surface area contributed by atoms with Gasteiger partial charge in [-0.05, 0) is 35.9 Å². The number of furan rings is 1. The summed E-state index contributed by atoms with van der Waals surface area (Å²) in [5, 5.41) is 2.86. The largest absolute Gasteiger partial charge is 0.497 e. The van der Waals surface area contributed by atoms with Crippen molar-refractivity contribution < 1.29 is 18.7 Å². The van der Waals surface area contributed by atoms with Gasteiger partial charge in [0.25, 0.3) is 5.91 Å². The normalized spacial score (nSPS) is 10.3. The molecule has 0 aliphatic heterocycles. The third kappa shape index (κ3) is 3.80. The molecule has 0 bridgehead atoms. The molecule has 0 spiro atoms. The van der Waals surface area contributed by atoms with Crippen molar-refractivity contribution in [3.63, 3.8) is 0 Å². The summed E-state index contributed by atoms with van der Waals surface area (Å²) in [4.78, 5) is 16.7. The van der Waals surface area contributed by atoms with Gasteiger partial charge in [-0.25, -0.2) is 0 Å². The van der Waals surface area contributed by atoms with Crippen molar-refractivity contribution >= 4 is 5.91 Å². The van der Waals surface area contributed by atoms with E-state index < -0.39 is 0 Å². The zero-order valence-corrected chi connectivity index (χ0v) is 14.0. The predicted octanol–water partition coefficient (Wildman–Crippen LogP) is 3.29. The van der Waals surface area contributed by atoms with E-state index in [2.05, 4.69) is 10.3 Å². The van der Waals surface area contributed by atoms with Crippen LogP contribution in [0.3, 0.4) is 0 Å². The lowest BCUT2D eigenvalue weighted by atomic mass is 10.1. The molecule has 2 heterocycles. The highest BCUT2D eigenvalue weighted by atomic mass is 16.5. The van der Waals surface area contributed by atoms with Gasteiger partial charge in [-0.2, -0.15) is 0 Å². The molecule has 0 aliphatic carbocycles. The van der Waals surface area contributed by atoms with Gasteiger partial charge in [0.05, 0.1) is 26.0 Å². The average molecular weight is 338 g/mol. The molecule has 6 heteroatoms. The number of aromatic nitrogens is 1. The van der Waals surface area contributed by atoms with Crippen LogP contribution in [0.5, 0.6) is 11.5 Å². The number of hydrogen-bond donors (Lipinski definition) is 1. The van der Waals surface area contributed by atoms with Gasteiger partial charge in [0, 0.05) is 18.8 Å². The molecule has 1 amide bonds. The number of carbonyl (C=O) groups excluding carboxylic acids is 1. The minimum atomic E-state index is -0.227. The van der Waals surface area contributed by atoms with Gasteiger partial charge < -0.3 is 19.2 Å². The molecular weight excluding hydrogens is 320 g/mol. The van der Waals surface area contributed by atoms with E-state index in [9.17, 15) is 4.79 Å². The second kappa shape index (κ2) is 7.53. The molecule has 2 aromatic heterocycles. The van der Waals surface area contributed by atoms with Crippen molar-refractivity contribution in [3.8, 4) is 23.0 Å². The number of benzene rings is 1. The minimum absolute atomic E-state index is 0.227. The van der Waals surface area contributed by atoms with E-state index in [1.54, 1.807) is 37.8 Å². The number of hydrogen-bond acceptors (Lipinski definition) is 5. The summed E-state index contributed by atoms with van der Waals surface area (Å²) in [7, 11) is 3.08. The molecule has 6 nitrogen and oxygen atoms in total. The van der Waals surface area contributed by atoms with Crippen molar-refractivity contribution in [3.05, 3.63) is 66.1 Å². The predicted molar refractivity (Wildman–Crippen MR) is 92.7 cm³/mol. The third-order valence-corrected chi connectivity index (χ3v) is 3.70. The third-order valence-electron chi connectivity index (χ3n) is 3.70. The summed E-state index contributed by atoms with van der Waals surface area (Å²) in [6.45, 7) is 0.361. The molecule has 25 heavy (non-hydrogen) atoms. The lowest BCUT2D eigenvalue weighted by molar-refractivity contribution is 0.0948. The number of nitrogens with zero attached hydrogens (tertiary/aromatic N) is 1. The summed E-state index contributed by atoms with van der Waals surface area (Å²) < 4.78 is 15.7. The van der Waals surface area contributed by atoms with Crippen molar-refractivity contribution in [1.82, 2.24) is 10.3 Å². The molecular formula is C19H18N2O4. The van der Waals surface area contributed by atoms with Gasteiger partial charge in [-0.3, -0.25) is 9.78 Å². The van der Waals surface area contributed by atoms with Crippen LogP contribution >= 0.6 is 0 Å². The number of pyridine rings is 1. The number of amides is 1. The highest BCUT2D eigenvalue weighted by molar-refractivity contribution is 5.97. The molecule has 128 valence electrons. The van der Waals surface area contributed by atoms with Crippen LogP contribution in [-0.4, -0.2) is 25.1 Å². The number of ether oxygens (including phenoxy) is 2. The maximum Gasteiger partial charge on any atom is 0.255 e. The van der Waals surface area contributed by atoms with Gasteiger partial charge in [-0.1, -0.05) is 6.07 Å². The maximum absolute atomic E-state index is 12.4. The molecule has 3 aromatic rings. The Labute approximate surface area is 145 Å². The second-order valence-electron chi connectivity index (χ2n) is 5.28. The van der Waals surface area contributed by atoms with Crippen LogP contribution in [0.25, 0.3) is 11.5 Å². The summed E-state index contributed by atoms with van der Waals surface area (Å²) in [5.41, 5.74) is 2.08. The van der Waals surface area contributed by atoms with Gasteiger partial charge >= 0.3 is 0 Å². The fraction of sp³-hybridized carbons (Fsp3) is 0.158. The fourth-order valence-corrected chi connectivity index (χ4v) is 2.36. The van der Waals surface area contributed by atoms with Gasteiger partial charge in [0.1, 0.15) is 17.2 Å². The first-order valence-corrected chi connectivity index (χ1v) is 7.70. The molecule has 0 atom stereocenters. The molecule has 0 saturated heterocycles. The van der Waals surface area contributed by atoms with E-state index >= 15 is 0 Å². The van der Waals surface area contributed by atoms with Crippen molar-refractivity contribution in [2.75, 3.05) is 14.2 Å². The lowest BCUT2D eigenvalue weighted by Crippen LogP contribution is -2.23. The number of methoxy groups -OCH3 is 2. The number of carbonyl (C=O) groups is 1. The molecule has 0 fully saturated rings. The number of nitrogens with one attached hydrogen (secondary N) is 1. The van der Waals surface area contributed by atoms with Gasteiger partial charge in [-0.15, -0.1) is 0 Å². The minimum Gasteiger partial charge on any atom is -0.497 e. The first-order valence-electron chi connectivity index (χ1n) is 7.70. The smallest absolute Gasteiger partial charge is 0.255 e. The van der Waals surface area contributed by atoms with Crippen LogP contribution in [0.4, 0.5) is 0 Å². The second-order valence-corrected chi connectivity index (χ2v) is 5.28. The Kier molecular flexibility index (Phi) is 4.99. The number of rotatable bonds is 6. The van der Waals surface area contributed by atoms with Gasteiger partial charge in [0.2, 0.25) is 0 Å². The summed E-state index contributed by atoms with van der Waals surface area (Å²) >= 11 is 0. The van der Waals surface area contributed by atoms with E-state index in [1.165, 1.54) is 7.11 Å². The Morgan fingerprint density at radius 1 is 1.16 bits per heavy atom. The SMILES string of the molecule is COc1ccc(C(=O)NCc2ccc(-c3ccco3)nc2)c(OC)c1. The van der Waals surface area contributed by atoms with Crippen LogP contribution in [0, 0.1) is 0 Å². The lowest BCUT2D eigenvalue weighted by Gasteiger charge is -2.11. The van der Waals surface area contributed by atoms with E-state index in [4.69, 9.17) is 13.9 Å². The monoisotopic (exact) mass is 338 g/mol. The fourth-order valence-electron chi connectivity index (χ4n) is 2.36. The van der Waals surface area contributed by atoms with Crippen molar-refractivity contribution in [1.29, 1.82) is 0 Å². The molecule has 3 rings (SSSR count). The molecule has 0 saturated carbocycles. The van der Waals surface area contributed by atoms with Crippen LogP contribution in [0.2, 0.25) is 0 Å². The summed E-state index contributed by atoms with van der Waals surface area (Å²) in [6, 6.07) is 12.5. The quantitative estimate of drug-likeness (QED) is 0.746. The average Bonchev–Trinajstić information content (AvgIpc) is 3.20. The Hall–Kier alpha value is -3.28. The first-order chi connectivity index (χ1) is 12.2. The Morgan fingerprint density at radius 2 is 2.04 bits per heavy atom. The standard InChI is InChI=1S/C19H18N2O4/c1-23-14-6-7-15(18(10-14)24-2)19(22)21-12-13-5-8-16(20-11-13)17-4-3-9-25-17/h3-11H,12H2,1-2H3,(H,21,22). The van der Waals surface area contributed by atoms with Crippen LogP contribution in [0.15, 0.2) is 59.3 Å². The van der Waals surface area contributed by atoms with Crippen molar-refractivity contribution in [2.45, 2.75) is 6.54 Å².